The third kappa shape index (κ3) is 4.31. The Bertz CT molecular complexity index is 300. The maximum Gasteiger partial charge on any atom is 0.225 e. The fraction of sp³-hybridized carbons (Fsp3) is 0.857. The average molecular weight is 254 g/mol. The van der Waals surface area contributed by atoms with Crippen molar-refractivity contribution in [1.29, 1.82) is 0 Å². The van der Waals surface area contributed by atoms with Gasteiger partial charge in [0.1, 0.15) is 0 Å². The van der Waals surface area contributed by atoms with E-state index in [0.717, 1.165) is 19.4 Å². The van der Waals surface area contributed by atoms with Crippen molar-refractivity contribution in [3.63, 3.8) is 0 Å². The summed E-state index contributed by atoms with van der Waals surface area (Å²) in [5.41, 5.74) is 0. The summed E-state index contributed by atoms with van der Waals surface area (Å²) in [7, 11) is 0. The van der Waals surface area contributed by atoms with Gasteiger partial charge in [0.2, 0.25) is 11.8 Å². The second-order valence-corrected chi connectivity index (χ2v) is 5.92. The first-order valence-electron chi connectivity index (χ1n) is 6.98. The number of likely N-dealkylation sites (tertiary alicyclic amines) is 1. The van der Waals surface area contributed by atoms with Crippen LogP contribution in [-0.2, 0) is 9.59 Å². The van der Waals surface area contributed by atoms with Gasteiger partial charge in [-0.1, -0.05) is 27.7 Å². The van der Waals surface area contributed by atoms with Gasteiger partial charge in [-0.15, -0.1) is 0 Å². The van der Waals surface area contributed by atoms with Gasteiger partial charge in [-0.25, -0.2) is 0 Å². The van der Waals surface area contributed by atoms with Crippen LogP contribution in [0.3, 0.4) is 0 Å². The topological polar surface area (TPSA) is 49.4 Å². The maximum absolute atomic E-state index is 12.0. The Morgan fingerprint density at radius 1 is 1.28 bits per heavy atom. The normalized spacial score (nSPS) is 20.3. The molecule has 0 bridgehead atoms. The number of carbonyl (C=O) groups is 2. The molecule has 0 radical (unpaired) electrons. The standard InChI is InChI=1S/C14H26N2O2/c1-10(2)8-15-13(17)12-6-5-7-16(9-12)14(18)11(3)4/h10-12H,5-9H2,1-4H3,(H,15,17). The zero-order chi connectivity index (χ0) is 13.7. The second-order valence-electron chi connectivity index (χ2n) is 5.92. The van der Waals surface area contributed by atoms with Crippen LogP contribution in [0.4, 0.5) is 0 Å². The highest BCUT2D eigenvalue weighted by atomic mass is 16.2. The van der Waals surface area contributed by atoms with Crippen LogP contribution in [0, 0.1) is 17.8 Å². The number of amides is 2. The molecule has 1 N–H and O–H groups in total. The Labute approximate surface area is 110 Å². The molecule has 1 aliphatic heterocycles. The van der Waals surface area contributed by atoms with Gasteiger partial charge in [0.05, 0.1) is 5.92 Å². The summed E-state index contributed by atoms with van der Waals surface area (Å²) in [6.07, 6.45) is 1.82. The first kappa shape index (κ1) is 15.0. The molecule has 0 aromatic heterocycles. The first-order valence-corrected chi connectivity index (χ1v) is 6.98. The van der Waals surface area contributed by atoms with Gasteiger partial charge in [-0.05, 0) is 18.8 Å². The van der Waals surface area contributed by atoms with Crippen molar-refractivity contribution in [2.75, 3.05) is 19.6 Å². The van der Waals surface area contributed by atoms with Crippen molar-refractivity contribution < 1.29 is 9.59 Å². The minimum Gasteiger partial charge on any atom is -0.356 e. The lowest BCUT2D eigenvalue weighted by Gasteiger charge is -2.33. The van der Waals surface area contributed by atoms with Gasteiger partial charge in [0.25, 0.3) is 0 Å². The summed E-state index contributed by atoms with van der Waals surface area (Å²) in [6, 6.07) is 0. The lowest BCUT2D eigenvalue weighted by Crippen LogP contribution is -2.47. The van der Waals surface area contributed by atoms with Gasteiger partial charge in [-0.2, -0.15) is 0 Å². The summed E-state index contributed by atoms with van der Waals surface area (Å²) in [4.78, 5) is 25.8. The van der Waals surface area contributed by atoms with Gasteiger partial charge in [0, 0.05) is 25.6 Å². The van der Waals surface area contributed by atoms with Crippen molar-refractivity contribution in [3.05, 3.63) is 0 Å². The summed E-state index contributed by atoms with van der Waals surface area (Å²) < 4.78 is 0. The molecule has 0 spiro atoms. The molecule has 0 aliphatic carbocycles. The first-order chi connectivity index (χ1) is 8.41. The highest BCUT2D eigenvalue weighted by Gasteiger charge is 2.29. The third-order valence-corrected chi connectivity index (χ3v) is 3.28. The van der Waals surface area contributed by atoms with Crippen LogP contribution in [0.5, 0.6) is 0 Å². The van der Waals surface area contributed by atoms with Crippen molar-refractivity contribution in [2.45, 2.75) is 40.5 Å². The van der Waals surface area contributed by atoms with Gasteiger partial charge in [0.15, 0.2) is 0 Å². The second kappa shape index (κ2) is 6.76. The quantitative estimate of drug-likeness (QED) is 0.829. The Morgan fingerprint density at radius 3 is 2.50 bits per heavy atom. The fourth-order valence-electron chi connectivity index (χ4n) is 2.21. The number of nitrogens with zero attached hydrogens (tertiary/aromatic N) is 1. The molecule has 18 heavy (non-hydrogen) atoms. The fourth-order valence-corrected chi connectivity index (χ4v) is 2.21. The van der Waals surface area contributed by atoms with Crippen LogP contribution in [-0.4, -0.2) is 36.3 Å². The van der Waals surface area contributed by atoms with Crippen LogP contribution in [0.15, 0.2) is 0 Å². The minimum atomic E-state index is -0.0276. The molecule has 0 aromatic rings. The SMILES string of the molecule is CC(C)CNC(=O)C1CCCN(C(=O)C(C)C)C1. The zero-order valence-electron chi connectivity index (χ0n) is 12.0. The molecule has 2 amide bonds. The lowest BCUT2D eigenvalue weighted by molar-refractivity contribution is -0.138. The maximum atomic E-state index is 12.0. The van der Waals surface area contributed by atoms with Crippen molar-refractivity contribution in [2.24, 2.45) is 17.8 Å². The van der Waals surface area contributed by atoms with Gasteiger partial charge in [-0.3, -0.25) is 9.59 Å². The highest BCUT2D eigenvalue weighted by Crippen LogP contribution is 2.18. The van der Waals surface area contributed by atoms with Crippen LogP contribution in [0.25, 0.3) is 0 Å². The molecule has 1 heterocycles. The molecule has 1 fully saturated rings. The number of nitrogens with one attached hydrogen (secondary N) is 1. The number of piperidine rings is 1. The number of hydrogen-bond acceptors (Lipinski definition) is 2. The van der Waals surface area contributed by atoms with E-state index in [1.54, 1.807) is 0 Å². The van der Waals surface area contributed by atoms with Crippen molar-refractivity contribution >= 4 is 11.8 Å². The van der Waals surface area contributed by atoms with E-state index in [0.29, 0.717) is 19.0 Å². The smallest absolute Gasteiger partial charge is 0.225 e. The Kier molecular flexibility index (Phi) is 5.63. The number of carbonyl (C=O) groups excluding carboxylic acids is 2. The number of hydrogen-bond donors (Lipinski definition) is 1. The molecule has 0 aromatic carbocycles. The molecule has 0 saturated carbocycles. The number of rotatable bonds is 4. The molecule has 1 unspecified atom stereocenters. The predicted molar refractivity (Wildman–Crippen MR) is 72.0 cm³/mol. The molecule has 1 saturated heterocycles. The molecule has 1 rings (SSSR count). The van der Waals surface area contributed by atoms with Gasteiger partial charge >= 0.3 is 0 Å². The summed E-state index contributed by atoms with van der Waals surface area (Å²) in [5.74, 6) is 0.718. The molecule has 4 nitrogen and oxygen atoms in total. The Hall–Kier alpha value is -1.06. The van der Waals surface area contributed by atoms with Crippen LogP contribution >= 0.6 is 0 Å². The van der Waals surface area contributed by atoms with Crippen LogP contribution in [0.2, 0.25) is 0 Å². The van der Waals surface area contributed by atoms with E-state index in [2.05, 4.69) is 19.2 Å². The molecular formula is C14H26N2O2. The van der Waals surface area contributed by atoms with E-state index in [1.165, 1.54) is 0 Å². The highest BCUT2D eigenvalue weighted by molar-refractivity contribution is 5.82. The molecule has 104 valence electrons. The zero-order valence-corrected chi connectivity index (χ0v) is 12.0. The largest absolute Gasteiger partial charge is 0.356 e. The van der Waals surface area contributed by atoms with E-state index in [9.17, 15) is 9.59 Å². The molecule has 4 heteroatoms. The van der Waals surface area contributed by atoms with Crippen LogP contribution in [0.1, 0.15) is 40.5 Å². The summed E-state index contributed by atoms with van der Waals surface area (Å²) in [6.45, 7) is 10.1. The van der Waals surface area contributed by atoms with E-state index in [1.807, 2.05) is 18.7 Å². The Morgan fingerprint density at radius 2 is 1.94 bits per heavy atom. The van der Waals surface area contributed by atoms with E-state index >= 15 is 0 Å². The lowest BCUT2D eigenvalue weighted by atomic mass is 9.96. The monoisotopic (exact) mass is 254 g/mol. The van der Waals surface area contributed by atoms with Crippen molar-refractivity contribution in [1.82, 2.24) is 10.2 Å². The minimum absolute atomic E-state index is 0.0162. The van der Waals surface area contributed by atoms with E-state index in [4.69, 9.17) is 0 Å². The van der Waals surface area contributed by atoms with Crippen molar-refractivity contribution in [3.8, 4) is 0 Å². The molecular weight excluding hydrogens is 228 g/mol. The van der Waals surface area contributed by atoms with E-state index < -0.39 is 0 Å². The van der Waals surface area contributed by atoms with E-state index in [-0.39, 0.29) is 23.7 Å². The molecule has 1 aliphatic rings. The van der Waals surface area contributed by atoms with Gasteiger partial charge < -0.3 is 10.2 Å². The third-order valence-electron chi connectivity index (χ3n) is 3.28. The summed E-state index contributed by atoms with van der Waals surface area (Å²) in [5, 5.41) is 2.96. The summed E-state index contributed by atoms with van der Waals surface area (Å²) >= 11 is 0. The molecule has 1 atom stereocenters. The predicted octanol–water partition coefficient (Wildman–Crippen LogP) is 1.65. The van der Waals surface area contributed by atoms with Crippen LogP contribution < -0.4 is 5.32 Å². The Balaban J connectivity index is 2.48. The average Bonchev–Trinajstić information content (AvgIpc) is 2.34.